The summed E-state index contributed by atoms with van der Waals surface area (Å²) in [6.45, 7) is 7.76. The lowest BCUT2D eigenvalue weighted by atomic mass is 10.0. The first-order valence-corrected chi connectivity index (χ1v) is 9.47. The molecule has 7 nitrogen and oxygen atoms in total. The lowest BCUT2D eigenvalue weighted by Crippen LogP contribution is -2.53. The van der Waals surface area contributed by atoms with Gasteiger partial charge < -0.3 is 19.9 Å². The van der Waals surface area contributed by atoms with Crippen molar-refractivity contribution in [2.24, 2.45) is 5.41 Å². The van der Waals surface area contributed by atoms with Crippen LogP contribution in [0.3, 0.4) is 0 Å². The summed E-state index contributed by atoms with van der Waals surface area (Å²) in [4.78, 5) is 40.9. The summed E-state index contributed by atoms with van der Waals surface area (Å²) in [7, 11) is 0. The molecule has 1 aliphatic heterocycles. The van der Waals surface area contributed by atoms with E-state index in [0.29, 0.717) is 45.6 Å². The molecule has 0 aromatic heterocycles. The number of benzene rings is 1. The predicted octanol–water partition coefficient (Wildman–Crippen LogP) is 2.32. The minimum absolute atomic E-state index is 0.131. The lowest BCUT2D eigenvalue weighted by molar-refractivity contribution is -0.143. The van der Waals surface area contributed by atoms with E-state index in [9.17, 15) is 14.4 Å². The van der Waals surface area contributed by atoms with Crippen molar-refractivity contribution < 1.29 is 19.1 Å². The Morgan fingerprint density at radius 3 is 2.26 bits per heavy atom. The maximum absolute atomic E-state index is 13.0. The second-order valence-electron chi connectivity index (χ2n) is 7.33. The summed E-state index contributed by atoms with van der Waals surface area (Å²) >= 11 is 0. The van der Waals surface area contributed by atoms with Crippen LogP contribution in [0, 0.1) is 19.3 Å². The number of hydrogen-bond donors (Lipinski definition) is 1. The molecule has 0 bridgehead atoms. The van der Waals surface area contributed by atoms with Gasteiger partial charge in [-0.2, -0.15) is 0 Å². The summed E-state index contributed by atoms with van der Waals surface area (Å²) in [5.74, 6) is -0.361. The van der Waals surface area contributed by atoms with Gasteiger partial charge in [0.1, 0.15) is 5.41 Å². The van der Waals surface area contributed by atoms with Gasteiger partial charge >= 0.3 is 6.09 Å². The SMILES string of the molecule is CCOC(=O)N1CCN(C(=O)C2(C(=O)Nc3ccc(C)cc3C)CC2)CC1. The highest BCUT2D eigenvalue weighted by atomic mass is 16.6. The molecule has 2 fully saturated rings. The summed E-state index contributed by atoms with van der Waals surface area (Å²) in [5, 5.41) is 2.93. The van der Waals surface area contributed by atoms with E-state index in [1.54, 1.807) is 16.7 Å². The Bertz CT molecular complexity index is 750. The third-order valence-corrected chi connectivity index (χ3v) is 5.32. The quantitative estimate of drug-likeness (QED) is 0.822. The second kappa shape index (κ2) is 7.58. The molecule has 1 saturated heterocycles. The van der Waals surface area contributed by atoms with Crippen molar-refractivity contribution in [1.82, 2.24) is 9.80 Å². The van der Waals surface area contributed by atoms with Crippen molar-refractivity contribution in [3.8, 4) is 0 Å². The van der Waals surface area contributed by atoms with Crippen molar-refractivity contribution in [2.75, 3.05) is 38.1 Å². The molecular formula is C20H27N3O4. The van der Waals surface area contributed by atoms with Crippen molar-refractivity contribution >= 4 is 23.6 Å². The smallest absolute Gasteiger partial charge is 0.409 e. The minimum atomic E-state index is -0.955. The van der Waals surface area contributed by atoms with Crippen LogP contribution in [0.2, 0.25) is 0 Å². The zero-order valence-corrected chi connectivity index (χ0v) is 16.2. The largest absolute Gasteiger partial charge is 0.450 e. The number of amides is 3. The van der Waals surface area contributed by atoms with Gasteiger partial charge in [-0.25, -0.2) is 4.79 Å². The van der Waals surface area contributed by atoms with E-state index < -0.39 is 5.41 Å². The van der Waals surface area contributed by atoms with E-state index >= 15 is 0 Å². The average Bonchev–Trinajstić information content (AvgIpc) is 3.46. The molecule has 0 radical (unpaired) electrons. The lowest BCUT2D eigenvalue weighted by Gasteiger charge is -2.35. The van der Waals surface area contributed by atoms with E-state index in [2.05, 4.69) is 5.32 Å². The van der Waals surface area contributed by atoms with Gasteiger partial charge in [-0.15, -0.1) is 0 Å². The van der Waals surface area contributed by atoms with Gasteiger partial charge in [0.15, 0.2) is 0 Å². The molecule has 3 rings (SSSR count). The number of anilines is 1. The van der Waals surface area contributed by atoms with E-state index in [1.807, 2.05) is 32.0 Å². The highest BCUT2D eigenvalue weighted by Crippen LogP contribution is 2.48. The van der Waals surface area contributed by atoms with E-state index in [-0.39, 0.29) is 17.9 Å². The molecule has 146 valence electrons. The highest BCUT2D eigenvalue weighted by molar-refractivity contribution is 6.13. The maximum Gasteiger partial charge on any atom is 0.409 e. The predicted molar refractivity (Wildman–Crippen MR) is 101 cm³/mol. The Labute approximate surface area is 159 Å². The number of aryl methyl sites for hydroxylation is 2. The van der Waals surface area contributed by atoms with Gasteiger partial charge in [-0.05, 0) is 45.2 Å². The number of nitrogens with one attached hydrogen (secondary N) is 1. The van der Waals surface area contributed by atoms with E-state index in [1.165, 1.54) is 0 Å². The monoisotopic (exact) mass is 373 g/mol. The normalized spacial score (nSPS) is 18.0. The molecule has 1 aromatic carbocycles. The fourth-order valence-electron chi connectivity index (χ4n) is 3.47. The summed E-state index contributed by atoms with van der Waals surface area (Å²) in [5.41, 5.74) is 1.90. The average molecular weight is 373 g/mol. The molecule has 1 saturated carbocycles. The molecule has 1 aliphatic carbocycles. The number of hydrogen-bond acceptors (Lipinski definition) is 4. The first kappa shape index (κ1) is 19.2. The van der Waals surface area contributed by atoms with Crippen molar-refractivity contribution in [3.05, 3.63) is 29.3 Å². The number of ether oxygens (including phenoxy) is 1. The number of rotatable bonds is 4. The molecule has 27 heavy (non-hydrogen) atoms. The zero-order valence-electron chi connectivity index (χ0n) is 16.2. The standard InChI is InChI=1S/C20H27N3O4/c1-4-27-19(26)23-11-9-22(10-12-23)18(25)20(7-8-20)17(24)21-16-6-5-14(2)13-15(16)3/h5-6,13H,4,7-12H2,1-3H3,(H,21,24). The van der Waals surface area contributed by atoms with Gasteiger partial charge in [-0.3, -0.25) is 9.59 Å². The first-order chi connectivity index (χ1) is 12.9. The number of carbonyl (C=O) groups excluding carboxylic acids is 3. The second-order valence-corrected chi connectivity index (χ2v) is 7.33. The van der Waals surface area contributed by atoms with E-state index in [4.69, 9.17) is 4.74 Å². The molecular weight excluding hydrogens is 346 g/mol. The molecule has 0 unspecified atom stereocenters. The van der Waals surface area contributed by atoms with Crippen molar-refractivity contribution in [1.29, 1.82) is 0 Å². The van der Waals surface area contributed by atoms with Crippen LogP contribution in [0.1, 0.15) is 30.9 Å². The zero-order chi connectivity index (χ0) is 19.6. The fraction of sp³-hybridized carbons (Fsp3) is 0.550. The molecule has 2 aliphatic rings. The van der Waals surface area contributed by atoms with Crippen LogP contribution < -0.4 is 5.32 Å². The third-order valence-electron chi connectivity index (χ3n) is 5.32. The topological polar surface area (TPSA) is 79.0 Å². The van der Waals surface area contributed by atoms with Gasteiger partial charge in [0.2, 0.25) is 11.8 Å². The summed E-state index contributed by atoms with van der Waals surface area (Å²) < 4.78 is 5.00. The van der Waals surface area contributed by atoms with Gasteiger partial charge in [-0.1, -0.05) is 17.7 Å². The highest BCUT2D eigenvalue weighted by Gasteiger charge is 2.58. The Hall–Kier alpha value is -2.57. The van der Waals surface area contributed by atoms with Crippen LogP contribution in [0.25, 0.3) is 0 Å². The summed E-state index contributed by atoms with van der Waals surface area (Å²) in [6, 6.07) is 5.82. The first-order valence-electron chi connectivity index (χ1n) is 9.47. The molecule has 1 N–H and O–H groups in total. The molecule has 7 heteroatoms. The van der Waals surface area contributed by atoms with Crippen LogP contribution in [0.15, 0.2) is 18.2 Å². The molecule has 1 heterocycles. The van der Waals surface area contributed by atoms with Crippen LogP contribution in [-0.4, -0.2) is 60.5 Å². The number of piperazine rings is 1. The van der Waals surface area contributed by atoms with Gasteiger partial charge in [0, 0.05) is 31.9 Å². The van der Waals surface area contributed by atoms with Crippen LogP contribution >= 0.6 is 0 Å². The van der Waals surface area contributed by atoms with E-state index in [0.717, 1.165) is 16.8 Å². The van der Waals surface area contributed by atoms with Crippen molar-refractivity contribution in [2.45, 2.75) is 33.6 Å². The fourth-order valence-corrected chi connectivity index (χ4v) is 3.47. The molecule has 0 spiro atoms. The molecule has 1 aromatic rings. The van der Waals surface area contributed by atoms with Gasteiger partial charge in [0.05, 0.1) is 6.61 Å². The van der Waals surface area contributed by atoms with Crippen LogP contribution in [-0.2, 0) is 14.3 Å². The third kappa shape index (κ3) is 3.91. The van der Waals surface area contributed by atoms with Gasteiger partial charge in [0.25, 0.3) is 0 Å². The van der Waals surface area contributed by atoms with Crippen LogP contribution in [0.5, 0.6) is 0 Å². The Kier molecular flexibility index (Phi) is 5.39. The Morgan fingerprint density at radius 2 is 1.70 bits per heavy atom. The van der Waals surface area contributed by atoms with Crippen molar-refractivity contribution in [3.63, 3.8) is 0 Å². The molecule has 0 atom stereocenters. The minimum Gasteiger partial charge on any atom is -0.450 e. The maximum atomic E-state index is 13.0. The Morgan fingerprint density at radius 1 is 1.07 bits per heavy atom. The molecule has 3 amide bonds. The number of carbonyl (C=O) groups is 3. The summed E-state index contributed by atoms with van der Waals surface area (Å²) in [6.07, 6.45) is 0.791. The van der Waals surface area contributed by atoms with Crippen LogP contribution in [0.4, 0.5) is 10.5 Å². The Balaban J connectivity index is 1.61. The number of nitrogens with zero attached hydrogens (tertiary/aromatic N) is 2.